The lowest BCUT2D eigenvalue weighted by Gasteiger charge is -2.09. The summed E-state index contributed by atoms with van der Waals surface area (Å²) in [6.07, 6.45) is 2.90. The molecule has 0 aliphatic rings. The molecule has 0 unspecified atom stereocenters. The number of hydrogen-bond donors (Lipinski definition) is 0. The van der Waals surface area contributed by atoms with Crippen molar-refractivity contribution in [2.45, 2.75) is 26.7 Å². The number of aromatic nitrogens is 3. The molecule has 0 saturated carbocycles. The molecule has 0 aromatic carbocycles. The Balaban J connectivity index is 2.44. The monoisotopic (exact) mass is 351 g/mol. The lowest BCUT2D eigenvalue weighted by Crippen LogP contribution is -2.17. The summed E-state index contributed by atoms with van der Waals surface area (Å²) < 4.78 is 16.6. The van der Waals surface area contributed by atoms with Gasteiger partial charge in [0.1, 0.15) is 5.69 Å². The largest absolute Gasteiger partial charge is 0.318 e. The molecule has 0 spiro atoms. The number of hydrogen-bond acceptors (Lipinski definition) is 4. The van der Waals surface area contributed by atoms with Crippen molar-refractivity contribution in [1.82, 2.24) is 14.5 Å². The van der Waals surface area contributed by atoms with E-state index in [4.69, 9.17) is 11.6 Å². The van der Waals surface area contributed by atoms with E-state index in [2.05, 4.69) is 23.8 Å². The second-order valence-corrected chi connectivity index (χ2v) is 7.11. The first-order valence-corrected chi connectivity index (χ1v) is 8.31. The Morgan fingerprint density at radius 1 is 1.39 bits per heavy atom. The van der Waals surface area contributed by atoms with E-state index >= 15 is 0 Å². The number of aryl methyl sites for hydroxylation is 2. The molecule has 0 atom stereocenters. The molecule has 4 nitrogen and oxygen atoms in total. The summed E-state index contributed by atoms with van der Waals surface area (Å²) >= 11 is 7.18. The molecule has 3 aromatic heterocycles. The Morgan fingerprint density at radius 2 is 2.09 bits per heavy atom. The average Bonchev–Trinajstić information content (AvgIpc) is 2.83. The Hall–Kier alpha value is -1.79. The SMILES string of the molecule is Cc1c(-c2nc(Cl)ncc2F)sc2c(C(C)C)cn(C)c(=O)c12. The van der Waals surface area contributed by atoms with Crippen LogP contribution in [0.2, 0.25) is 5.28 Å². The van der Waals surface area contributed by atoms with Gasteiger partial charge in [-0.3, -0.25) is 4.79 Å². The van der Waals surface area contributed by atoms with Gasteiger partial charge in [-0.05, 0) is 35.6 Å². The third-order valence-corrected chi connectivity index (χ3v) is 5.36. The molecule has 0 N–H and O–H groups in total. The highest BCUT2D eigenvalue weighted by Gasteiger charge is 2.21. The molecule has 23 heavy (non-hydrogen) atoms. The highest BCUT2D eigenvalue weighted by Crippen LogP contribution is 2.40. The number of thiophene rings is 1. The van der Waals surface area contributed by atoms with Gasteiger partial charge in [0.25, 0.3) is 5.56 Å². The van der Waals surface area contributed by atoms with Gasteiger partial charge in [0.15, 0.2) is 5.82 Å². The van der Waals surface area contributed by atoms with E-state index < -0.39 is 5.82 Å². The van der Waals surface area contributed by atoms with Crippen molar-refractivity contribution in [3.63, 3.8) is 0 Å². The van der Waals surface area contributed by atoms with Crippen LogP contribution in [0.5, 0.6) is 0 Å². The Bertz CT molecular complexity index is 978. The van der Waals surface area contributed by atoms with Crippen molar-refractivity contribution < 1.29 is 4.39 Å². The van der Waals surface area contributed by atoms with Crippen LogP contribution in [0.4, 0.5) is 4.39 Å². The fourth-order valence-corrected chi connectivity index (χ4v) is 4.20. The maximum absolute atomic E-state index is 14.1. The van der Waals surface area contributed by atoms with Crippen LogP contribution in [0.3, 0.4) is 0 Å². The standard InChI is InChI=1S/C16H15ClFN3OS/c1-7(2)9-6-21(4)15(22)11-8(3)13(23-14(9)11)12-10(18)5-19-16(17)20-12/h5-7H,1-4H3. The zero-order valence-electron chi connectivity index (χ0n) is 13.1. The van der Waals surface area contributed by atoms with Crippen LogP contribution in [0.25, 0.3) is 20.7 Å². The number of fused-ring (bicyclic) bond motifs is 1. The van der Waals surface area contributed by atoms with Crippen LogP contribution in [-0.2, 0) is 7.05 Å². The molecule has 120 valence electrons. The van der Waals surface area contributed by atoms with Gasteiger partial charge < -0.3 is 4.57 Å². The quantitative estimate of drug-likeness (QED) is 0.647. The van der Waals surface area contributed by atoms with Crippen LogP contribution in [-0.4, -0.2) is 14.5 Å². The molecule has 3 rings (SSSR count). The highest BCUT2D eigenvalue weighted by molar-refractivity contribution is 7.22. The second-order valence-electron chi connectivity index (χ2n) is 5.75. The predicted octanol–water partition coefficient (Wildman–Crippen LogP) is 4.28. The lowest BCUT2D eigenvalue weighted by atomic mass is 10.0. The third-order valence-electron chi connectivity index (χ3n) is 3.83. The zero-order chi connectivity index (χ0) is 16.9. The normalized spacial score (nSPS) is 11.6. The fourth-order valence-electron chi connectivity index (χ4n) is 2.62. The van der Waals surface area contributed by atoms with Gasteiger partial charge >= 0.3 is 0 Å². The summed E-state index contributed by atoms with van der Waals surface area (Å²) in [6, 6.07) is 0. The molecule has 0 fully saturated rings. The first-order valence-electron chi connectivity index (χ1n) is 7.12. The topological polar surface area (TPSA) is 47.8 Å². The van der Waals surface area contributed by atoms with E-state index in [1.54, 1.807) is 11.6 Å². The van der Waals surface area contributed by atoms with Gasteiger partial charge in [-0.25, -0.2) is 14.4 Å². The fraction of sp³-hybridized carbons (Fsp3) is 0.312. The molecule has 0 amide bonds. The van der Waals surface area contributed by atoms with Crippen molar-refractivity contribution in [1.29, 1.82) is 0 Å². The molecular weight excluding hydrogens is 337 g/mol. The Morgan fingerprint density at radius 3 is 2.74 bits per heavy atom. The summed E-state index contributed by atoms with van der Waals surface area (Å²) in [5.41, 5.74) is 1.83. The molecule has 0 aliphatic carbocycles. The van der Waals surface area contributed by atoms with Crippen LogP contribution >= 0.6 is 22.9 Å². The molecule has 0 aliphatic heterocycles. The van der Waals surface area contributed by atoms with Crippen LogP contribution < -0.4 is 5.56 Å². The van der Waals surface area contributed by atoms with Gasteiger partial charge in [-0.2, -0.15) is 0 Å². The Labute approximate surface area is 141 Å². The average molecular weight is 352 g/mol. The Kier molecular flexibility index (Phi) is 3.98. The molecule has 7 heteroatoms. The summed E-state index contributed by atoms with van der Waals surface area (Å²) in [7, 11) is 1.73. The van der Waals surface area contributed by atoms with E-state index in [1.165, 1.54) is 11.3 Å². The molecule has 0 saturated heterocycles. The summed E-state index contributed by atoms with van der Waals surface area (Å²) in [4.78, 5) is 20.8. The summed E-state index contributed by atoms with van der Waals surface area (Å²) in [5, 5.41) is 0.600. The van der Waals surface area contributed by atoms with Crippen molar-refractivity contribution >= 4 is 33.0 Å². The zero-order valence-corrected chi connectivity index (χ0v) is 14.7. The smallest absolute Gasteiger partial charge is 0.259 e. The van der Waals surface area contributed by atoms with Crippen molar-refractivity contribution in [2.75, 3.05) is 0 Å². The minimum Gasteiger partial charge on any atom is -0.318 e. The first kappa shape index (κ1) is 16.1. The maximum Gasteiger partial charge on any atom is 0.259 e. The molecule has 3 aromatic rings. The minimum absolute atomic E-state index is 0.0183. The van der Waals surface area contributed by atoms with Crippen LogP contribution in [0, 0.1) is 12.7 Å². The number of rotatable bonds is 2. The van der Waals surface area contributed by atoms with Gasteiger partial charge in [0, 0.05) is 17.9 Å². The third kappa shape index (κ3) is 2.56. The molecule has 0 bridgehead atoms. The number of pyridine rings is 1. The number of nitrogens with zero attached hydrogens (tertiary/aromatic N) is 3. The van der Waals surface area contributed by atoms with Gasteiger partial charge in [0.05, 0.1) is 16.5 Å². The lowest BCUT2D eigenvalue weighted by molar-refractivity contribution is 0.618. The van der Waals surface area contributed by atoms with E-state index in [1.807, 2.05) is 13.1 Å². The number of halogens is 2. The first-order chi connectivity index (χ1) is 10.8. The second kappa shape index (κ2) is 5.69. The molecular formula is C16H15ClFN3OS. The molecule has 3 heterocycles. The maximum atomic E-state index is 14.1. The summed E-state index contributed by atoms with van der Waals surface area (Å²) in [6.45, 7) is 5.95. The van der Waals surface area contributed by atoms with E-state index in [9.17, 15) is 9.18 Å². The predicted molar refractivity (Wildman–Crippen MR) is 91.9 cm³/mol. The minimum atomic E-state index is -0.549. The molecule has 0 radical (unpaired) electrons. The van der Waals surface area contributed by atoms with Gasteiger partial charge in [-0.1, -0.05) is 13.8 Å². The van der Waals surface area contributed by atoms with E-state index in [0.717, 1.165) is 22.0 Å². The van der Waals surface area contributed by atoms with Crippen LogP contribution in [0.1, 0.15) is 30.9 Å². The summed E-state index contributed by atoms with van der Waals surface area (Å²) in [5.74, 6) is -0.305. The van der Waals surface area contributed by atoms with E-state index in [0.29, 0.717) is 10.3 Å². The van der Waals surface area contributed by atoms with Crippen LogP contribution in [0.15, 0.2) is 17.2 Å². The van der Waals surface area contributed by atoms with Crippen molar-refractivity contribution in [2.24, 2.45) is 7.05 Å². The van der Waals surface area contributed by atoms with Gasteiger partial charge in [0.2, 0.25) is 5.28 Å². The highest BCUT2D eigenvalue weighted by atomic mass is 35.5. The van der Waals surface area contributed by atoms with Gasteiger partial charge in [-0.15, -0.1) is 11.3 Å². The van der Waals surface area contributed by atoms with Crippen molar-refractivity contribution in [3.8, 4) is 10.6 Å². The van der Waals surface area contributed by atoms with Crippen molar-refractivity contribution in [3.05, 3.63) is 45.0 Å². The van der Waals surface area contributed by atoms with E-state index in [-0.39, 0.29) is 22.5 Å².